The number of rotatable bonds is 10. The molecule has 0 aliphatic rings. The number of hydrogen-bond acceptors (Lipinski definition) is 2. The summed E-state index contributed by atoms with van der Waals surface area (Å²) < 4.78 is 0. The van der Waals surface area contributed by atoms with Crippen molar-refractivity contribution in [2.45, 2.75) is 52.6 Å². The van der Waals surface area contributed by atoms with E-state index in [1.54, 1.807) is 17.0 Å². The molecular formula is C24H30Cl2N2O2. The molecular weight excluding hydrogens is 419 g/mol. The van der Waals surface area contributed by atoms with Gasteiger partial charge in [-0.15, -0.1) is 0 Å². The van der Waals surface area contributed by atoms with Crippen LogP contribution in [-0.4, -0.2) is 29.3 Å². The van der Waals surface area contributed by atoms with E-state index in [2.05, 4.69) is 5.32 Å². The molecule has 1 atom stereocenters. The van der Waals surface area contributed by atoms with E-state index in [1.165, 1.54) is 0 Å². The molecule has 6 heteroatoms. The lowest BCUT2D eigenvalue weighted by Gasteiger charge is -2.31. The summed E-state index contributed by atoms with van der Waals surface area (Å²) in [7, 11) is 0. The van der Waals surface area contributed by atoms with Crippen molar-refractivity contribution in [2.75, 3.05) is 6.54 Å². The van der Waals surface area contributed by atoms with Crippen LogP contribution in [0.15, 0.2) is 48.5 Å². The van der Waals surface area contributed by atoms with Crippen LogP contribution in [0, 0.1) is 5.92 Å². The number of amides is 2. The summed E-state index contributed by atoms with van der Waals surface area (Å²) in [6, 6.07) is 14.6. The number of aryl methyl sites for hydroxylation is 1. The molecule has 0 aliphatic carbocycles. The highest BCUT2D eigenvalue weighted by molar-refractivity contribution is 6.42. The van der Waals surface area contributed by atoms with Gasteiger partial charge in [0.15, 0.2) is 0 Å². The van der Waals surface area contributed by atoms with Gasteiger partial charge in [0, 0.05) is 19.5 Å². The third-order valence-electron chi connectivity index (χ3n) is 4.88. The second-order valence-corrected chi connectivity index (χ2v) is 8.63. The van der Waals surface area contributed by atoms with Gasteiger partial charge in [0.25, 0.3) is 0 Å². The van der Waals surface area contributed by atoms with E-state index in [9.17, 15) is 9.59 Å². The number of carbonyl (C=O) groups excluding carboxylic acids is 2. The standard InChI is InChI=1S/C24H30Cl2N2O2/c1-4-22(24(30)27-15-17(2)3)28(16-19-10-12-20(25)21(26)14-19)23(29)13-11-18-8-6-5-7-9-18/h5-10,12,14,17,22H,4,11,13,15-16H2,1-3H3,(H,27,30)/t22-/m1/s1. The Hall–Kier alpha value is -2.04. The zero-order chi connectivity index (χ0) is 22.1. The maximum Gasteiger partial charge on any atom is 0.242 e. The summed E-state index contributed by atoms with van der Waals surface area (Å²) in [5.41, 5.74) is 1.94. The van der Waals surface area contributed by atoms with Crippen LogP contribution in [0.25, 0.3) is 0 Å². The lowest BCUT2D eigenvalue weighted by atomic mass is 10.1. The zero-order valence-corrected chi connectivity index (χ0v) is 19.3. The Morgan fingerprint density at radius 2 is 1.70 bits per heavy atom. The molecule has 4 nitrogen and oxygen atoms in total. The lowest BCUT2D eigenvalue weighted by molar-refractivity contribution is -0.141. The van der Waals surface area contributed by atoms with Crippen LogP contribution in [-0.2, 0) is 22.6 Å². The first kappa shape index (κ1) is 24.2. The SMILES string of the molecule is CC[C@H](C(=O)NCC(C)C)N(Cc1ccc(Cl)c(Cl)c1)C(=O)CCc1ccccc1. The van der Waals surface area contributed by atoms with E-state index < -0.39 is 6.04 Å². The molecule has 2 rings (SSSR count). The molecule has 1 N–H and O–H groups in total. The highest BCUT2D eigenvalue weighted by atomic mass is 35.5. The molecule has 162 valence electrons. The summed E-state index contributed by atoms with van der Waals surface area (Å²) >= 11 is 12.2. The molecule has 0 saturated carbocycles. The topological polar surface area (TPSA) is 49.4 Å². The van der Waals surface area contributed by atoms with E-state index in [0.29, 0.717) is 48.3 Å². The first-order chi connectivity index (χ1) is 14.3. The zero-order valence-electron chi connectivity index (χ0n) is 17.8. The second-order valence-electron chi connectivity index (χ2n) is 7.82. The third-order valence-corrected chi connectivity index (χ3v) is 5.62. The monoisotopic (exact) mass is 448 g/mol. The van der Waals surface area contributed by atoms with E-state index in [0.717, 1.165) is 11.1 Å². The smallest absolute Gasteiger partial charge is 0.242 e. The molecule has 2 aromatic carbocycles. The van der Waals surface area contributed by atoms with Gasteiger partial charge in [0.05, 0.1) is 10.0 Å². The van der Waals surface area contributed by atoms with Crippen LogP contribution in [0.4, 0.5) is 0 Å². The summed E-state index contributed by atoms with van der Waals surface area (Å²) in [6.07, 6.45) is 1.49. The van der Waals surface area contributed by atoms with Crippen molar-refractivity contribution in [1.82, 2.24) is 10.2 Å². The van der Waals surface area contributed by atoms with Crippen molar-refractivity contribution in [3.05, 3.63) is 69.7 Å². The van der Waals surface area contributed by atoms with E-state index >= 15 is 0 Å². The van der Waals surface area contributed by atoms with Crippen molar-refractivity contribution in [2.24, 2.45) is 5.92 Å². The van der Waals surface area contributed by atoms with Crippen LogP contribution in [0.5, 0.6) is 0 Å². The van der Waals surface area contributed by atoms with Crippen LogP contribution in [0.3, 0.4) is 0 Å². The fourth-order valence-electron chi connectivity index (χ4n) is 3.22. The normalized spacial score (nSPS) is 11.9. The minimum atomic E-state index is -0.540. The lowest BCUT2D eigenvalue weighted by Crippen LogP contribution is -2.49. The first-order valence-corrected chi connectivity index (χ1v) is 11.1. The Labute approximate surface area is 189 Å². The molecule has 30 heavy (non-hydrogen) atoms. The molecule has 0 bridgehead atoms. The Balaban J connectivity index is 2.21. The molecule has 0 fully saturated rings. The number of nitrogens with zero attached hydrogens (tertiary/aromatic N) is 1. The third kappa shape index (κ3) is 7.33. The molecule has 2 aromatic rings. The molecule has 0 heterocycles. The summed E-state index contributed by atoms with van der Waals surface area (Å²) in [4.78, 5) is 27.7. The highest BCUT2D eigenvalue weighted by Gasteiger charge is 2.28. The van der Waals surface area contributed by atoms with Gasteiger partial charge in [-0.2, -0.15) is 0 Å². The predicted molar refractivity (Wildman–Crippen MR) is 124 cm³/mol. The fourth-order valence-corrected chi connectivity index (χ4v) is 3.54. The average molecular weight is 449 g/mol. The highest BCUT2D eigenvalue weighted by Crippen LogP contribution is 2.24. The van der Waals surface area contributed by atoms with Crippen molar-refractivity contribution < 1.29 is 9.59 Å². The number of halogens is 2. The number of benzene rings is 2. The van der Waals surface area contributed by atoms with Gasteiger partial charge in [-0.25, -0.2) is 0 Å². The van der Waals surface area contributed by atoms with Gasteiger partial charge < -0.3 is 10.2 Å². The van der Waals surface area contributed by atoms with Gasteiger partial charge in [-0.3, -0.25) is 9.59 Å². The largest absolute Gasteiger partial charge is 0.354 e. The van der Waals surface area contributed by atoms with Gasteiger partial charge in [-0.1, -0.05) is 80.4 Å². The maximum absolute atomic E-state index is 13.2. The molecule has 0 aromatic heterocycles. The van der Waals surface area contributed by atoms with Crippen molar-refractivity contribution in [3.63, 3.8) is 0 Å². The first-order valence-electron chi connectivity index (χ1n) is 10.4. The maximum atomic E-state index is 13.2. The van der Waals surface area contributed by atoms with Gasteiger partial charge in [-0.05, 0) is 42.0 Å². The molecule has 0 saturated heterocycles. The van der Waals surface area contributed by atoms with Crippen molar-refractivity contribution >= 4 is 35.0 Å². The number of carbonyl (C=O) groups is 2. The Kier molecular flexibility index (Phi) is 9.67. The number of hydrogen-bond donors (Lipinski definition) is 1. The molecule has 0 aliphatic heterocycles. The molecule has 0 radical (unpaired) electrons. The van der Waals surface area contributed by atoms with Crippen molar-refractivity contribution in [1.29, 1.82) is 0 Å². The molecule has 2 amide bonds. The Bertz CT molecular complexity index is 840. The van der Waals surface area contributed by atoms with Crippen LogP contribution < -0.4 is 5.32 Å². The second kappa shape index (κ2) is 12.0. The quantitative estimate of drug-likeness (QED) is 0.520. The minimum Gasteiger partial charge on any atom is -0.354 e. The van der Waals surface area contributed by atoms with E-state index in [-0.39, 0.29) is 11.8 Å². The van der Waals surface area contributed by atoms with Gasteiger partial charge in [0.2, 0.25) is 11.8 Å². The summed E-state index contributed by atoms with van der Waals surface area (Å²) in [5, 5.41) is 3.86. The van der Waals surface area contributed by atoms with Crippen LogP contribution in [0.1, 0.15) is 44.7 Å². The van der Waals surface area contributed by atoms with E-state index in [1.807, 2.05) is 57.2 Å². The predicted octanol–water partition coefficient (Wildman–Crippen LogP) is 5.51. The average Bonchev–Trinajstić information content (AvgIpc) is 2.73. The summed E-state index contributed by atoms with van der Waals surface area (Å²) in [6.45, 7) is 6.89. The van der Waals surface area contributed by atoms with Crippen molar-refractivity contribution in [3.8, 4) is 0 Å². The van der Waals surface area contributed by atoms with E-state index in [4.69, 9.17) is 23.2 Å². The van der Waals surface area contributed by atoms with Gasteiger partial charge in [0.1, 0.15) is 6.04 Å². The summed E-state index contributed by atoms with van der Waals surface area (Å²) in [5.74, 6) is 0.152. The number of nitrogens with one attached hydrogen (secondary N) is 1. The molecule has 0 spiro atoms. The van der Waals surface area contributed by atoms with Crippen LogP contribution in [0.2, 0.25) is 10.0 Å². The van der Waals surface area contributed by atoms with Crippen LogP contribution >= 0.6 is 23.2 Å². The van der Waals surface area contributed by atoms with Gasteiger partial charge >= 0.3 is 0 Å². The fraction of sp³-hybridized carbons (Fsp3) is 0.417. The molecule has 0 unspecified atom stereocenters. The Morgan fingerprint density at radius 1 is 1.00 bits per heavy atom. The Morgan fingerprint density at radius 3 is 2.30 bits per heavy atom. The minimum absolute atomic E-state index is 0.0588.